The number of anilines is 1. The second-order valence-electron chi connectivity index (χ2n) is 6.96. The van der Waals surface area contributed by atoms with Crippen molar-refractivity contribution in [3.63, 3.8) is 0 Å². The van der Waals surface area contributed by atoms with Crippen molar-refractivity contribution in [3.8, 4) is 5.69 Å². The van der Waals surface area contributed by atoms with E-state index in [4.69, 9.17) is 0 Å². The van der Waals surface area contributed by atoms with Gasteiger partial charge < -0.3 is 5.32 Å². The topological polar surface area (TPSA) is 81.8 Å². The van der Waals surface area contributed by atoms with Crippen LogP contribution < -0.4 is 10.9 Å². The van der Waals surface area contributed by atoms with Crippen LogP contribution in [0.15, 0.2) is 59.8 Å². The molecule has 0 aliphatic heterocycles. The van der Waals surface area contributed by atoms with Crippen molar-refractivity contribution in [2.24, 2.45) is 0 Å². The molecule has 8 heteroatoms. The van der Waals surface area contributed by atoms with Gasteiger partial charge in [-0.2, -0.15) is 5.10 Å². The fraction of sp³-hybridized carbons (Fsp3) is 0.182. The van der Waals surface area contributed by atoms with Gasteiger partial charge in [-0.1, -0.05) is 25.1 Å². The molecule has 0 radical (unpaired) electrons. The molecule has 4 aromatic rings. The van der Waals surface area contributed by atoms with Crippen LogP contribution in [0.3, 0.4) is 0 Å². The van der Waals surface area contributed by atoms with Crippen LogP contribution in [-0.4, -0.2) is 25.2 Å². The molecule has 2 aromatic heterocycles. The third kappa shape index (κ3) is 3.59. The van der Waals surface area contributed by atoms with E-state index < -0.39 is 0 Å². The van der Waals surface area contributed by atoms with Gasteiger partial charge in [-0.3, -0.25) is 14.2 Å². The number of aromatic nitrogens is 4. The Morgan fingerprint density at radius 2 is 1.93 bits per heavy atom. The van der Waals surface area contributed by atoms with Gasteiger partial charge in [-0.05, 0) is 48.7 Å². The molecule has 152 valence electrons. The Hall–Kier alpha value is -3.81. The largest absolute Gasteiger partial charge is 0.324 e. The van der Waals surface area contributed by atoms with E-state index in [0.29, 0.717) is 11.3 Å². The maximum absolute atomic E-state index is 13.2. The summed E-state index contributed by atoms with van der Waals surface area (Å²) in [5.74, 6) is -0.676. The monoisotopic (exact) mass is 405 g/mol. The smallest absolute Gasteiger partial charge is 0.264 e. The molecule has 0 unspecified atom stereocenters. The summed E-state index contributed by atoms with van der Waals surface area (Å²) < 4.78 is 15.9. The van der Waals surface area contributed by atoms with Crippen molar-refractivity contribution in [3.05, 3.63) is 82.3 Å². The molecule has 30 heavy (non-hydrogen) atoms. The first-order valence-electron chi connectivity index (χ1n) is 9.55. The third-order valence-corrected chi connectivity index (χ3v) is 4.94. The fourth-order valence-electron chi connectivity index (χ4n) is 3.37. The predicted molar refractivity (Wildman–Crippen MR) is 112 cm³/mol. The average molecular weight is 405 g/mol. The van der Waals surface area contributed by atoms with E-state index in [1.165, 1.54) is 33.9 Å². The molecular formula is C22H20FN5O2. The lowest BCUT2D eigenvalue weighted by atomic mass is 10.1. The molecule has 1 amide bonds. The molecule has 0 spiro atoms. The minimum Gasteiger partial charge on any atom is -0.324 e. The van der Waals surface area contributed by atoms with Crippen molar-refractivity contribution in [1.82, 2.24) is 19.3 Å². The van der Waals surface area contributed by atoms with Gasteiger partial charge in [0.1, 0.15) is 24.1 Å². The summed E-state index contributed by atoms with van der Waals surface area (Å²) in [4.78, 5) is 29.7. The Balaban J connectivity index is 1.62. The Morgan fingerprint density at radius 3 is 2.67 bits per heavy atom. The number of rotatable bonds is 5. The molecule has 0 aliphatic rings. The molecule has 1 N–H and O–H groups in total. The van der Waals surface area contributed by atoms with E-state index in [0.717, 1.165) is 23.2 Å². The zero-order valence-electron chi connectivity index (χ0n) is 16.6. The molecule has 0 aliphatic carbocycles. The second-order valence-corrected chi connectivity index (χ2v) is 6.96. The lowest BCUT2D eigenvalue weighted by Crippen LogP contribution is -2.28. The highest BCUT2D eigenvalue weighted by atomic mass is 19.1. The summed E-state index contributed by atoms with van der Waals surface area (Å²) in [5, 5.41) is 7.38. The fourth-order valence-corrected chi connectivity index (χ4v) is 3.37. The lowest BCUT2D eigenvalue weighted by molar-refractivity contribution is -0.116. The van der Waals surface area contributed by atoms with E-state index in [9.17, 15) is 14.0 Å². The Morgan fingerprint density at radius 1 is 1.17 bits per heavy atom. The third-order valence-electron chi connectivity index (χ3n) is 4.94. The highest BCUT2D eigenvalue weighted by molar-refractivity contribution is 5.92. The molecule has 0 fully saturated rings. The van der Waals surface area contributed by atoms with Gasteiger partial charge in [-0.15, -0.1) is 0 Å². The molecule has 0 bridgehead atoms. The van der Waals surface area contributed by atoms with Crippen LogP contribution in [-0.2, 0) is 17.8 Å². The van der Waals surface area contributed by atoms with E-state index in [2.05, 4.69) is 15.4 Å². The molecule has 0 atom stereocenters. The Bertz CT molecular complexity index is 1290. The molecule has 7 nitrogen and oxygen atoms in total. The number of carbonyl (C=O) groups excluding carboxylic acids is 1. The molecule has 0 saturated heterocycles. The second kappa shape index (κ2) is 7.90. The average Bonchev–Trinajstić information content (AvgIpc) is 3.17. The van der Waals surface area contributed by atoms with Crippen molar-refractivity contribution >= 4 is 22.6 Å². The molecule has 2 heterocycles. The van der Waals surface area contributed by atoms with Crippen LogP contribution in [0.4, 0.5) is 10.1 Å². The Labute approximate surface area is 171 Å². The van der Waals surface area contributed by atoms with E-state index in [1.54, 1.807) is 12.1 Å². The number of halogens is 1. The number of nitrogens with zero attached hydrogens (tertiary/aromatic N) is 4. The van der Waals surface area contributed by atoms with E-state index in [1.807, 2.05) is 32.0 Å². The maximum Gasteiger partial charge on any atom is 0.264 e. The minimum atomic E-state index is -0.371. The van der Waals surface area contributed by atoms with Gasteiger partial charge in [-0.25, -0.2) is 14.1 Å². The van der Waals surface area contributed by atoms with E-state index >= 15 is 0 Å². The van der Waals surface area contributed by atoms with Crippen LogP contribution in [0.5, 0.6) is 0 Å². The Kier molecular flexibility index (Phi) is 5.14. The number of para-hydroxylation sites is 1. The number of aryl methyl sites for hydroxylation is 2. The summed E-state index contributed by atoms with van der Waals surface area (Å²) in [5.41, 5.74) is 3.32. The first-order chi connectivity index (χ1) is 14.5. The van der Waals surface area contributed by atoms with Crippen LogP contribution >= 0.6 is 0 Å². The van der Waals surface area contributed by atoms with Gasteiger partial charge in [0.25, 0.3) is 5.56 Å². The molecule has 4 rings (SSSR count). The van der Waals surface area contributed by atoms with Crippen LogP contribution in [0, 0.1) is 12.7 Å². The highest BCUT2D eigenvalue weighted by Crippen LogP contribution is 2.21. The van der Waals surface area contributed by atoms with Crippen LogP contribution in [0.25, 0.3) is 16.7 Å². The van der Waals surface area contributed by atoms with Crippen LogP contribution in [0.1, 0.15) is 18.1 Å². The quantitative estimate of drug-likeness (QED) is 0.553. The van der Waals surface area contributed by atoms with Crippen molar-refractivity contribution in [2.75, 3.05) is 5.32 Å². The number of benzene rings is 2. The molecule has 0 saturated carbocycles. The molecule has 2 aromatic carbocycles. The van der Waals surface area contributed by atoms with Gasteiger partial charge in [0.05, 0.1) is 11.9 Å². The van der Waals surface area contributed by atoms with Crippen molar-refractivity contribution in [2.45, 2.75) is 26.8 Å². The van der Waals surface area contributed by atoms with E-state index in [-0.39, 0.29) is 29.2 Å². The highest BCUT2D eigenvalue weighted by Gasteiger charge is 2.14. The first-order valence-corrected chi connectivity index (χ1v) is 9.55. The van der Waals surface area contributed by atoms with Gasteiger partial charge in [0.15, 0.2) is 5.65 Å². The lowest BCUT2D eigenvalue weighted by Gasteiger charge is -2.13. The van der Waals surface area contributed by atoms with Gasteiger partial charge in [0, 0.05) is 5.69 Å². The number of hydrogen-bond donors (Lipinski definition) is 1. The number of fused-ring (bicyclic) bond motifs is 1. The SMILES string of the molecule is CCc1cccc(C)c1NC(=O)Cn1cnc2c(cnn2-c2ccc(F)cc2)c1=O. The minimum absolute atomic E-state index is 0.166. The maximum atomic E-state index is 13.2. The van der Waals surface area contributed by atoms with Crippen LogP contribution in [0.2, 0.25) is 0 Å². The van der Waals surface area contributed by atoms with Gasteiger partial charge >= 0.3 is 0 Å². The van der Waals surface area contributed by atoms with Crippen molar-refractivity contribution < 1.29 is 9.18 Å². The predicted octanol–water partition coefficient (Wildman–Crippen LogP) is 3.23. The standard InChI is InChI=1S/C22H20FN5O2/c1-3-15-6-4-5-14(2)20(15)26-19(29)12-27-13-24-21-18(22(27)30)11-25-28(21)17-9-7-16(23)8-10-17/h4-11,13H,3,12H2,1-2H3,(H,26,29). The molecular weight excluding hydrogens is 385 g/mol. The summed E-state index contributed by atoms with van der Waals surface area (Å²) in [6.07, 6.45) is 3.51. The number of nitrogens with one attached hydrogen (secondary N) is 1. The van der Waals surface area contributed by atoms with Crippen molar-refractivity contribution in [1.29, 1.82) is 0 Å². The zero-order valence-corrected chi connectivity index (χ0v) is 16.6. The normalized spacial score (nSPS) is 11.0. The zero-order chi connectivity index (χ0) is 21.3. The summed E-state index contributed by atoms with van der Waals surface area (Å²) in [6, 6.07) is 11.6. The van der Waals surface area contributed by atoms with Gasteiger partial charge in [0.2, 0.25) is 5.91 Å². The summed E-state index contributed by atoms with van der Waals surface area (Å²) in [7, 11) is 0. The summed E-state index contributed by atoms with van der Waals surface area (Å²) >= 11 is 0. The number of hydrogen-bond acceptors (Lipinski definition) is 4. The summed E-state index contributed by atoms with van der Waals surface area (Å²) in [6.45, 7) is 3.78. The number of carbonyl (C=O) groups is 1. The first kappa shape index (κ1) is 19.5. The number of amides is 1.